The van der Waals surface area contributed by atoms with Crippen LogP contribution >= 0.6 is 0 Å². The van der Waals surface area contributed by atoms with Crippen molar-refractivity contribution in [3.63, 3.8) is 0 Å². The fraction of sp³-hybridized carbons (Fsp3) is 0.143. The highest BCUT2D eigenvalue weighted by atomic mass is 16.2. The first kappa shape index (κ1) is 15.4. The fourth-order valence-corrected chi connectivity index (χ4v) is 3.11. The number of amides is 1. The molecule has 2 atom stereocenters. The molecule has 1 aliphatic rings. The van der Waals surface area contributed by atoms with E-state index in [9.17, 15) is 9.59 Å². The fourth-order valence-electron chi connectivity index (χ4n) is 3.11. The molecule has 124 valence electrons. The van der Waals surface area contributed by atoms with E-state index in [1.165, 1.54) is 5.56 Å². The summed E-state index contributed by atoms with van der Waals surface area (Å²) in [6, 6.07) is 23.1. The van der Waals surface area contributed by atoms with Gasteiger partial charge in [0.15, 0.2) is 0 Å². The molecule has 4 nitrogen and oxygen atoms in total. The van der Waals surface area contributed by atoms with Crippen molar-refractivity contribution in [2.24, 2.45) is 0 Å². The van der Waals surface area contributed by atoms with Crippen LogP contribution in [0.25, 0.3) is 11.3 Å². The number of hydrogen-bond donors (Lipinski definition) is 2. The number of aromatic amines is 1. The van der Waals surface area contributed by atoms with Crippen LogP contribution < -0.4 is 10.9 Å². The molecule has 25 heavy (non-hydrogen) atoms. The maximum atomic E-state index is 12.4. The van der Waals surface area contributed by atoms with Crippen molar-refractivity contribution >= 4 is 5.91 Å². The van der Waals surface area contributed by atoms with Crippen LogP contribution in [0, 0.1) is 0 Å². The summed E-state index contributed by atoms with van der Waals surface area (Å²) in [6.07, 6.45) is 0.912. The van der Waals surface area contributed by atoms with Gasteiger partial charge in [0.05, 0.1) is 0 Å². The zero-order valence-corrected chi connectivity index (χ0v) is 13.6. The third-order valence-corrected chi connectivity index (χ3v) is 4.57. The molecule has 0 aliphatic heterocycles. The number of pyridine rings is 1. The second-order valence-electron chi connectivity index (χ2n) is 6.31. The number of hydrogen-bond acceptors (Lipinski definition) is 2. The Labute approximate surface area is 145 Å². The number of carbonyl (C=O) groups excluding carboxylic acids is 1. The molecule has 1 aromatic heterocycles. The summed E-state index contributed by atoms with van der Waals surface area (Å²) in [6.45, 7) is 0. The van der Waals surface area contributed by atoms with E-state index in [2.05, 4.69) is 22.4 Å². The second kappa shape index (κ2) is 6.40. The Morgan fingerprint density at radius 2 is 1.60 bits per heavy atom. The monoisotopic (exact) mass is 330 g/mol. The molecule has 1 aliphatic carbocycles. The van der Waals surface area contributed by atoms with Gasteiger partial charge >= 0.3 is 0 Å². The van der Waals surface area contributed by atoms with Crippen LogP contribution in [0.2, 0.25) is 0 Å². The average Bonchev–Trinajstić information content (AvgIpc) is 3.42. The van der Waals surface area contributed by atoms with Crippen molar-refractivity contribution in [1.82, 2.24) is 10.3 Å². The zero-order chi connectivity index (χ0) is 17.2. The quantitative estimate of drug-likeness (QED) is 0.771. The standard InChI is InChI=1S/C21H18N2O2/c24-20-16(11-12-18(22-20)15-9-5-2-6-10-15)21(25)23-19-13-17(19)14-7-3-1-4-8-14/h1-12,17,19H,13H2,(H,22,24)(H,23,25)/t17-,19+/m1/s1. The van der Waals surface area contributed by atoms with Gasteiger partial charge in [0.25, 0.3) is 11.5 Å². The molecule has 3 aromatic rings. The summed E-state index contributed by atoms with van der Waals surface area (Å²) in [7, 11) is 0. The molecule has 0 radical (unpaired) electrons. The van der Waals surface area contributed by atoms with E-state index in [0.29, 0.717) is 11.6 Å². The van der Waals surface area contributed by atoms with Crippen molar-refractivity contribution < 1.29 is 4.79 Å². The Morgan fingerprint density at radius 1 is 0.920 bits per heavy atom. The first-order valence-corrected chi connectivity index (χ1v) is 8.37. The normalized spacial score (nSPS) is 18.6. The number of benzene rings is 2. The van der Waals surface area contributed by atoms with Gasteiger partial charge in [0.2, 0.25) is 0 Å². The van der Waals surface area contributed by atoms with Crippen LogP contribution in [-0.4, -0.2) is 16.9 Å². The maximum absolute atomic E-state index is 12.4. The van der Waals surface area contributed by atoms with Crippen molar-refractivity contribution in [2.45, 2.75) is 18.4 Å². The van der Waals surface area contributed by atoms with Gasteiger partial charge < -0.3 is 10.3 Å². The SMILES string of the molecule is O=C(N[C@H]1C[C@@H]1c1ccccc1)c1ccc(-c2ccccc2)[nH]c1=O. The lowest BCUT2D eigenvalue weighted by atomic mass is 10.1. The van der Waals surface area contributed by atoms with Gasteiger partial charge in [-0.15, -0.1) is 0 Å². The summed E-state index contributed by atoms with van der Waals surface area (Å²) in [4.78, 5) is 27.5. The molecular formula is C21H18N2O2. The lowest BCUT2D eigenvalue weighted by Crippen LogP contribution is -2.31. The number of H-pyrrole nitrogens is 1. The Bertz CT molecular complexity index is 948. The molecule has 1 fully saturated rings. The van der Waals surface area contributed by atoms with E-state index in [4.69, 9.17) is 0 Å². The van der Waals surface area contributed by atoms with Crippen LogP contribution in [0.4, 0.5) is 0 Å². The highest BCUT2D eigenvalue weighted by molar-refractivity contribution is 5.94. The predicted molar refractivity (Wildman–Crippen MR) is 97.6 cm³/mol. The smallest absolute Gasteiger partial charge is 0.261 e. The van der Waals surface area contributed by atoms with E-state index in [-0.39, 0.29) is 23.1 Å². The van der Waals surface area contributed by atoms with Gasteiger partial charge in [-0.3, -0.25) is 9.59 Å². The Hall–Kier alpha value is -3.14. The Kier molecular flexibility index (Phi) is 3.94. The molecule has 2 aromatic carbocycles. The summed E-state index contributed by atoms with van der Waals surface area (Å²) in [5, 5.41) is 2.96. The average molecular weight is 330 g/mol. The van der Waals surface area contributed by atoms with Gasteiger partial charge in [-0.1, -0.05) is 60.7 Å². The van der Waals surface area contributed by atoms with E-state index in [1.54, 1.807) is 12.1 Å². The number of aromatic nitrogens is 1. The molecule has 2 N–H and O–H groups in total. The topological polar surface area (TPSA) is 62.0 Å². The Morgan fingerprint density at radius 3 is 2.28 bits per heavy atom. The van der Waals surface area contributed by atoms with E-state index >= 15 is 0 Å². The van der Waals surface area contributed by atoms with E-state index in [0.717, 1.165) is 12.0 Å². The third-order valence-electron chi connectivity index (χ3n) is 4.57. The lowest BCUT2D eigenvalue weighted by Gasteiger charge is -2.06. The van der Waals surface area contributed by atoms with Gasteiger partial charge in [0.1, 0.15) is 5.56 Å². The van der Waals surface area contributed by atoms with Crippen LogP contribution in [0.1, 0.15) is 28.3 Å². The van der Waals surface area contributed by atoms with Gasteiger partial charge in [0, 0.05) is 17.7 Å². The van der Waals surface area contributed by atoms with Crippen LogP contribution in [-0.2, 0) is 0 Å². The minimum Gasteiger partial charge on any atom is -0.348 e. The molecule has 0 unspecified atom stereocenters. The largest absolute Gasteiger partial charge is 0.348 e. The minimum absolute atomic E-state index is 0.100. The summed E-state index contributed by atoms with van der Waals surface area (Å²) < 4.78 is 0. The molecule has 1 amide bonds. The zero-order valence-electron chi connectivity index (χ0n) is 13.6. The molecule has 1 heterocycles. The number of rotatable bonds is 4. The molecule has 0 bridgehead atoms. The molecule has 1 saturated carbocycles. The number of nitrogens with one attached hydrogen (secondary N) is 2. The van der Waals surface area contributed by atoms with Crippen molar-refractivity contribution in [1.29, 1.82) is 0 Å². The third kappa shape index (κ3) is 3.24. The molecule has 4 heteroatoms. The predicted octanol–water partition coefficient (Wildman–Crippen LogP) is 3.33. The lowest BCUT2D eigenvalue weighted by molar-refractivity contribution is 0.0949. The van der Waals surface area contributed by atoms with E-state index in [1.807, 2.05) is 48.5 Å². The molecular weight excluding hydrogens is 312 g/mol. The van der Waals surface area contributed by atoms with Crippen molar-refractivity contribution in [2.75, 3.05) is 0 Å². The van der Waals surface area contributed by atoms with Crippen LogP contribution in [0.15, 0.2) is 77.6 Å². The number of carbonyl (C=O) groups is 1. The first-order valence-electron chi connectivity index (χ1n) is 8.37. The van der Waals surface area contributed by atoms with Crippen LogP contribution in [0.3, 0.4) is 0 Å². The highest BCUT2D eigenvalue weighted by Crippen LogP contribution is 2.40. The summed E-state index contributed by atoms with van der Waals surface area (Å²) in [5.74, 6) is 0.0251. The van der Waals surface area contributed by atoms with E-state index < -0.39 is 0 Å². The maximum Gasteiger partial charge on any atom is 0.261 e. The summed E-state index contributed by atoms with van der Waals surface area (Å²) >= 11 is 0. The van der Waals surface area contributed by atoms with Crippen molar-refractivity contribution in [3.05, 3.63) is 94.3 Å². The van der Waals surface area contributed by atoms with Crippen molar-refractivity contribution in [3.8, 4) is 11.3 Å². The molecule has 0 saturated heterocycles. The van der Waals surface area contributed by atoms with Crippen LogP contribution in [0.5, 0.6) is 0 Å². The molecule has 0 spiro atoms. The second-order valence-corrected chi connectivity index (χ2v) is 6.31. The van der Waals surface area contributed by atoms with Gasteiger partial charge in [-0.05, 0) is 29.7 Å². The first-order chi connectivity index (χ1) is 12.2. The Balaban J connectivity index is 1.47. The van der Waals surface area contributed by atoms with Gasteiger partial charge in [-0.25, -0.2) is 0 Å². The minimum atomic E-state index is -0.365. The summed E-state index contributed by atoms with van der Waals surface area (Å²) in [5.41, 5.74) is 2.63. The molecule has 4 rings (SSSR count). The van der Waals surface area contributed by atoms with Gasteiger partial charge in [-0.2, -0.15) is 0 Å². The highest BCUT2D eigenvalue weighted by Gasteiger charge is 2.39.